The van der Waals surface area contributed by atoms with Crippen molar-refractivity contribution < 1.29 is 18.7 Å². The van der Waals surface area contributed by atoms with Crippen molar-refractivity contribution in [2.45, 2.75) is 0 Å². The van der Waals surface area contributed by atoms with Crippen molar-refractivity contribution in [1.82, 2.24) is 0 Å². The van der Waals surface area contributed by atoms with Crippen LogP contribution < -0.4 is 14.8 Å². The SMILES string of the molecule is O=C(Nc1ccc(OCF)cc1)Oc1ccccc1. The number of benzene rings is 2. The molecule has 0 atom stereocenters. The predicted molar refractivity (Wildman–Crippen MR) is 69.1 cm³/mol. The third-order valence-corrected chi connectivity index (χ3v) is 2.28. The van der Waals surface area contributed by atoms with E-state index in [0.29, 0.717) is 17.2 Å². The minimum Gasteiger partial charge on any atom is -0.463 e. The van der Waals surface area contributed by atoms with Crippen molar-refractivity contribution in [2.75, 3.05) is 12.2 Å². The molecular weight excluding hydrogens is 249 g/mol. The highest BCUT2D eigenvalue weighted by molar-refractivity contribution is 5.86. The highest BCUT2D eigenvalue weighted by Gasteiger charge is 2.04. The van der Waals surface area contributed by atoms with Crippen LogP contribution in [0, 0.1) is 0 Å². The van der Waals surface area contributed by atoms with Gasteiger partial charge in [0.05, 0.1) is 0 Å². The van der Waals surface area contributed by atoms with Crippen molar-refractivity contribution in [2.24, 2.45) is 0 Å². The van der Waals surface area contributed by atoms with E-state index in [4.69, 9.17) is 4.74 Å². The summed E-state index contributed by atoms with van der Waals surface area (Å²) in [5, 5.41) is 2.55. The average molecular weight is 261 g/mol. The van der Waals surface area contributed by atoms with Crippen molar-refractivity contribution in [3.05, 3.63) is 54.6 Å². The number of hydrogen-bond donors (Lipinski definition) is 1. The molecule has 98 valence electrons. The van der Waals surface area contributed by atoms with Gasteiger partial charge in [-0.1, -0.05) is 18.2 Å². The summed E-state index contributed by atoms with van der Waals surface area (Å²) >= 11 is 0. The van der Waals surface area contributed by atoms with Gasteiger partial charge in [-0.15, -0.1) is 0 Å². The first kappa shape index (κ1) is 12.9. The normalized spacial score (nSPS) is 9.74. The molecule has 0 radical (unpaired) electrons. The maximum Gasteiger partial charge on any atom is 0.417 e. The summed E-state index contributed by atoms with van der Waals surface area (Å²) in [7, 11) is 0. The molecule has 0 saturated heterocycles. The van der Waals surface area contributed by atoms with Crippen LogP contribution in [0.4, 0.5) is 14.9 Å². The van der Waals surface area contributed by atoms with E-state index in [1.54, 1.807) is 48.5 Å². The third kappa shape index (κ3) is 3.99. The van der Waals surface area contributed by atoms with E-state index in [1.807, 2.05) is 6.07 Å². The van der Waals surface area contributed by atoms with Crippen molar-refractivity contribution in [1.29, 1.82) is 0 Å². The first-order valence-electron chi connectivity index (χ1n) is 5.60. The molecule has 2 rings (SSSR count). The monoisotopic (exact) mass is 261 g/mol. The molecule has 0 aromatic heterocycles. The average Bonchev–Trinajstić information content (AvgIpc) is 2.42. The van der Waals surface area contributed by atoms with Gasteiger partial charge in [-0.25, -0.2) is 9.18 Å². The lowest BCUT2D eigenvalue weighted by Gasteiger charge is -2.07. The van der Waals surface area contributed by atoms with E-state index in [2.05, 4.69) is 10.1 Å². The van der Waals surface area contributed by atoms with E-state index in [9.17, 15) is 9.18 Å². The molecule has 0 aliphatic rings. The largest absolute Gasteiger partial charge is 0.463 e. The van der Waals surface area contributed by atoms with Gasteiger partial charge in [-0.05, 0) is 36.4 Å². The van der Waals surface area contributed by atoms with Gasteiger partial charge in [-0.3, -0.25) is 5.32 Å². The zero-order valence-corrected chi connectivity index (χ0v) is 10.0. The van der Waals surface area contributed by atoms with Crippen molar-refractivity contribution in [3.8, 4) is 11.5 Å². The van der Waals surface area contributed by atoms with E-state index in [-0.39, 0.29) is 0 Å². The topological polar surface area (TPSA) is 47.6 Å². The molecule has 19 heavy (non-hydrogen) atoms. The Labute approximate surface area is 109 Å². The zero-order chi connectivity index (χ0) is 13.5. The minimum atomic E-state index is -0.886. The number of ether oxygens (including phenoxy) is 2. The number of rotatable bonds is 4. The number of carbonyl (C=O) groups excluding carboxylic acids is 1. The maximum absolute atomic E-state index is 11.9. The van der Waals surface area contributed by atoms with Crippen LogP contribution in [-0.4, -0.2) is 13.0 Å². The van der Waals surface area contributed by atoms with E-state index in [0.717, 1.165) is 0 Å². The predicted octanol–water partition coefficient (Wildman–Crippen LogP) is 3.60. The first-order valence-corrected chi connectivity index (χ1v) is 5.60. The second-order valence-corrected chi connectivity index (χ2v) is 3.61. The molecule has 4 nitrogen and oxygen atoms in total. The van der Waals surface area contributed by atoms with Crippen LogP contribution in [0.1, 0.15) is 0 Å². The second kappa shape index (κ2) is 6.39. The van der Waals surface area contributed by atoms with E-state index in [1.165, 1.54) is 0 Å². The molecule has 0 unspecified atom stereocenters. The summed E-state index contributed by atoms with van der Waals surface area (Å²) in [5.74, 6) is 0.849. The Kier molecular flexibility index (Phi) is 4.34. The number of amides is 1. The number of para-hydroxylation sites is 1. The molecule has 0 heterocycles. The molecule has 1 N–H and O–H groups in total. The van der Waals surface area contributed by atoms with Crippen LogP contribution >= 0.6 is 0 Å². The molecular formula is C14H12FNO3. The van der Waals surface area contributed by atoms with Gasteiger partial charge in [0.1, 0.15) is 11.5 Å². The van der Waals surface area contributed by atoms with Gasteiger partial charge in [0.2, 0.25) is 6.86 Å². The lowest BCUT2D eigenvalue weighted by atomic mass is 10.3. The van der Waals surface area contributed by atoms with E-state index >= 15 is 0 Å². The quantitative estimate of drug-likeness (QED) is 0.914. The molecule has 2 aromatic rings. The summed E-state index contributed by atoms with van der Waals surface area (Å²) in [6.07, 6.45) is -0.592. The minimum absolute atomic E-state index is 0.393. The van der Waals surface area contributed by atoms with Crippen molar-refractivity contribution >= 4 is 11.8 Å². The number of hydrogen-bond acceptors (Lipinski definition) is 3. The smallest absolute Gasteiger partial charge is 0.417 e. The lowest BCUT2D eigenvalue weighted by molar-refractivity contribution is 0.191. The molecule has 0 spiro atoms. The fraction of sp³-hybridized carbons (Fsp3) is 0.0714. The first-order chi connectivity index (χ1) is 9.28. The molecule has 0 aliphatic carbocycles. The van der Waals surface area contributed by atoms with Gasteiger partial charge in [0, 0.05) is 5.69 Å². The van der Waals surface area contributed by atoms with Crippen LogP contribution in [0.2, 0.25) is 0 Å². The molecule has 0 saturated carbocycles. The Morgan fingerprint density at radius 2 is 1.68 bits per heavy atom. The third-order valence-electron chi connectivity index (χ3n) is 2.28. The van der Waals surface area contributed by atoms with Crippen LogP contribution in [0.25, 0.3) is 0 Å². The summed E-state index contributed by atoms with van der Waals surface area (Å²) in [5.41, 5.74) is 0.534. The number of nitrogens with one attached hydrogen (secondary N) is 1. The Morgan fingerprint density at radius 1 is 1.00 bits per heavy atom. The van der Waals surface area contributed by atoms with Gasteiger partial charge in [-0.2, -0.15) is 0 Å². The standard InChI is InChI=1S/C14H12FNO3/c15-10-18-12-8-6-11(7-9-12)16-14(17)19-13-4-2-1-3-5-13/h1-9H,10H2,(H,16,17). The van der Waals surface area contributed by atoms with Gasteiger partial charge in [0.15, 0.2) is 0 Å². The molecule has 5 heteroatoms. The van der Waals surface area contributed by atoms with Crippen LogP contribution in [-0.2, 0) is 0 Å². The number of anilines is 1. The van der Waals surface area contributed by atoms with Gasteiger partial charge < -0.3 is 9.47 Å². The molecule has 0 aliphatic heterocycles. The fourth-order valence-corrected chi connectivity index (χ4v) is 1.44. The van der Waals surface area contributed by atoms with Crippen LogP contribution in [0.5, 0.6) is 11.5 Å². The maximum atomic E-state index is 11.9. The second-order valence-electron chi connectivity index (χ2n) is 3.61. The Morgan fingerprint density at radius 3 is 2.32 bits per heavy atom. The summed E-state index contributed by atoms with van der Waals surface area (Å²) in [6, 6.07) is 15.0. The molecule has 0 bridgehead atoms. The number of carbonyl (C=O) groups is 1. The Balaban J connectivity index is 1.91. The van der Waals surface area contributed by atoms with Crippen molar-refractivity contribution in [3.63, 3.8) is 0 Å². The van der Waals surface area contributed by atoms with Crippen LogP contribution in [0.3, 0.4) is 0 Å². The van der Waals surface area contributed by atoms with Crippen LogP contribution in [0.15, 0.2) is 54.6 Å². The van der Waals surface area contributed by atoms with Gasteiger partial charge in [0.25, 0.3) is 0 Å². The molecule has 0 fully saturated rings. The highest BCUT2D eigenvalue weighted by atomic mass is 19.1. The summed E-state index contributed by atoms with van der Waals surface area (Å²) < 4.78 is 21.6. The Bertz CT molecular complexity index is 528. The summed E-state index contributed by atoms with van der Waals surface area (Å²) in [4.78, 5) is 11.6. The summed E-state index contributed by atoms with van der Waals surface area (Å²) in [6.45, 7) is -0.886. The van der Waals surface area contributed by atoms with E-state index < -0.39 is 13.0 Å². The molecule has 1 amide bonds. The Hall–Kier alpha value is -2.56. The van der Waals surface area contributed by atoms with Gasteiger partial charge >= 0.3 is 6.09 Å². The number of halogens is 1. The highest BCUT2D eigenvalue weighted by Crippen LogP contribution is 2.16. The molecule has 2 aromatic carbocycles. The number of alkyl halides is 1. The zero-order valence-electron chi connectivity index (χ0n) is 10.0. The lowest BCUT2D eigenvalue weighted by Crippen LogP contribution is -2.16. The fourth-order valence-electron chi connectivity index (χ4n) is 1.44.